The summed E-state index contributed by atoms with van der Waals surface area (Å²) in [6, 6.07) is 2.30. The SMILES string of the molecule is O=C(OC1([C@H]2CCC[C@@H](c3cc(F)cc(F)c3)N2S(=O)(=O)C2C=CC(Cl)=CC2)CC1)N1CCC(N2CCCCC2)CC1. The third-order valence-corrected chi connectivity index (χ3v) is 12.3. The zero-order chi connectivity index (χ0) is 29.5. The highest BCUT2D eigenvalue weighted by Crippen LogP contribution is 2.53. The summed E-state index contributed by atoms with van der Waals surface area (Å²) < 4.78 is 65.0. The lowest BCUT2D eigenvalue weighted by molar-refractivity contribution is -0.0145. The highest BCUT2D eigenvalue weighted by molar-refractivity contribution is 7.90. The van der Waals surface area contributed by atoms with Gasteiger partial charge in [-0.15, -0.1) is 0 Å². The summed E-state index contributed by atoms with van der Waals surface area (Å²) in [7, 11) is -4.02. The third-order valence-electron chi connectivity index (χ3n) is 9.80. The van der Waals surface area contributed by atoms with E-state index in [1.807, 2.05) is 0 Å². The van der Waals surface area contributed by atoms with Gasteiger partial charge in [-0.1, -0.05) is 30.2 Å². The van der Waals surface area contributed by atoms with E-state index >= 15 is 0 Å². The number of likely N-dealkylation sites (tertiary alicyclic amines) is 2. The summed E-state index contributed by atoms with van der Waals surface area (Å²) in [5.74, 6) is -1.51. The van der Waals surface area contributed by atoms with E-state index in [-0.39, 0.29) is 12.0 Å². The Hall–Kier alpha value is -2.01. The predicted octanol–water partition coefficient (Wildman–Crippen LogP) is 6.26. The van der Waals surface area contributed by atoms with Crippen LogP contribution in [0.3, 0.4) is 0 Å². The Kier molecular flexibility index (Phi) is 8.71. The van der Waals surface area contributed by atoms with Crippen molar-refractivity contribution < 1.29 is 26.7 Å². The second kappa shape index (κ2) is 12.2. The minimum atomic E-state index is -4.02. The Balaban J connectivity index is 1.23. The molecule has 0 bridgehead atoms. The van der Waals surface area contributed by atoms with E-state index in [9.17, 15) is 22.0 Å². The number of piperidine rings is 3. The molecule has 230 valence electrons. The van der Waals surface area contributed by atoms with Gasteiger partial charge in [0.25, 0.3) is 0 Å². The van der Waals surface area contributed by atoms with E-state index in [0.717, 1.165) is 32.0 Å². The van der Waals surface area contributed by atoms with Crippen LogP contribution in [0.5, 0.6) is 0 Å². The number of halogens is 3. The zero-order valence-corrected chi connectivity index (χ0v) is 25.5. The van der Waals surface area contributed by atoms with Gasteiger partial charge in [0.1, 0.15) is 17.2 Å². The molecule has 3 atom stereocenters. The molecule has 2 aliphatic carbocycles. The molecule has 11 heteroatoms. The van der Waals surface area contributed by atoms with Gasteiger partial charge in [-0.2, -0.15) is 4.31 Å². The van der Waals surface area contributed by atoms with Gasteiger partial charge in [0.05, 0.1) is 17.3 Å². The third kappa shape index (κ3) is 6.14. The van der Waals surface area contributed by atoms with E-state index < -0.39 is 50.7 Å². The highest BCUT2D eigenvalue weighted by Gasteiger charge is 2.60. The number of benzene rings is 1. The van der Waals surface area contributed by atoms with Crippen molar-refractivity contribution in [2.24, 2.45) is 0 Å². The minimum Gasteiger partial charge on any atom is -0.441 e. The second-order valence-electron chi connectivity index (χ2n) is 12.5. The van der Waals surface area contributed by atoms with Crippen molar-refractivity contribution in [1.82, 2.24) is 14.1 Å². The van der Waals surface area contributed by atoms with Crippen LogP contribution in [-0.4, -0.2) is 77.7 Å². The molecule has 3 heterocycles. The van der Waals surface area contributed by atoms with Crippen LogP contribution in [0.25, 0.3) is 0 Å². The van der Waals surface area contributed by atoms with Gasteiger partial charge in [0.15, 0.2) is 0 Å². The molecule has 1 saturated carbocycles. The van der Waals surface area contributed by atoms with Crippen LogP contribution in [0, 0.1) is 11.6 Å². The van der Waals surface area contributed by atoms with Crippen molar-refractivity contribution in [3.05, 3.63) is 58.7 Å². The summed E-state index contributed by atoms with van der Waals surface area (Å²) in [5, 5.41) is -0.404. The first kappa shape index (κ1) is 30.0. The van der Waals surface area contributed by atoms with Gasteiger partial charge >= 0.3 is 6.09 Å². The molecule has 42 heavy (non-hydrogen) atoms. The van der Waals surface area contributed by atoms with Gasteiger partial charge in [0.2, 0.25) is 10.0 Å². The summed E-state index contributed by atoms with van der Waals surface area (Å²) in [6.07, 6.45) is 12.8. The molecule has 3 saturated heterocycles. The molecule has 7 nitrogen and oxygen atoms in total. The van der Waals surface area contributed by atoms with E-state index in [0.29, 0.717) is 56.3 Å². The summed E-state index contributed by atoms with van der Waals surface area (Å²) in [5.41, 5.74) is -0.680. The van der Waals surface area contributed by atoms with Crippen molar-refractivity contribution in [3.63, 3.8) is 0 Å². The average molecular weight is 624 g/mol. The number of rotatable bonds is 6. The number of nitrogens with zero attached hydrogens (tertiary/aromatic N) is 3. The van der Waals surface area contributed by atoms with Gasteiger partial charge < -0.3 is 14.5 Å². The summed E-state index contributed by atoms with van der Waals surface area (Å²) >= 11 is 6.09. The fraction of sp³-hybridized carbons (Fsp3) is 0.645. The monoisotopic (exact) mass is 623 g/mol. The van der Waals surface area contributed by atoms with Crippen LogP contribution in [0.15, 0.2) is 41.5 Å². The van der Waals surface area contributed by atoms with Crippen LogP contribution in [-0.2, 0) is 14.8 Å². The minimum absolute atomic E-state index is 0.198. The van der Waals surface area contributed by atoms with Crippen molar-refractivity contribution in [2.45, 2.75) is 99.6 Å². The Morgan fingerprint density at radius 3 is 2.24 bits per heavy atom. The van der Waals surface area contributed by atoms with Crippen molar-refractivity contribution >= 4 is 27.7 Å². The largest absolute Gasteiger partial charge is 0.441 e. The Morgan fingerprint density at radius 2 is 1.62 bits per heavy atom. The molecule has 0 N–H and O–H groups in total. The van der Waals surface area contributed by atoms with Gasteiger partial charge in [-0.05, 0) is 101 Å². The van der Waals surface area contributed by atoms with Gasteiger partial charge in [-0.3, -0.25) is 0 Å². The number of allylic oxidation sites excluding steroid dienone is 3. The summed E-state index contributed by atoms with van der Waals surface area (Å²) in [4.78, 5) is 17.8. The number of hydrogen-bond donors (Lipinski definition) is 0. The lowest BCUT2D eigenvalue weighted by atomic mass is 9.90. The average Bonchev–Trinajstić information content (AvgIpc) is 3.77. The zero-order valence-electron chi connectivity index (χ0n) is 23.9. The molecule has 1 unspecified atom stereocenters. The number of hydrogen-bond acceptors (Lipinski definition) is 5. The Morgan fingerprint density at radius 1 is 0.929 bits per heavy atom. The maximum absolute atomic E-state index is 14.4. The normalized spacial score (nSPS) is 29.3. The van der Waals surface area contributed by atoms with Crippen LogP contribution in [0.1, 0.15) is 82.2 Å². The molecule has 5 aliphatic rings. The van der Waals surface area contributed by atoms with Crippen molar-refractivity contribution in [3.8, 4) is 0 Å². The molecule has 6 rings (SSSR count). The number of amides is 1. The van der Waals surface area contributed by atoms with Crippen molar-refractivity contribution in [1.29, 1.82) is 0 Å². The van der Waals surface area contributed by atoms with E-state index in [1.165, 1.54) is 35.7 Å². The predicted molar refractivity (Wildman–Crippen MR) is 157 cm³/mol. The fourth-order valence-corrected chi connectivity index (χ4v) is 9.75. The number of sulfonamides is 1. The molecular formula is C31H40ClF2N3O4S. The molecule has 3 aliphatic heterocycles. The standard InChI is InChI=1S/C31H40ClF2N3O4S/c32-23-7-9-27(10-8-23)42(39,40)37-28(22-19-24(33)21-25(34)20-22)5-4-6-29(37)31(13-14-31)41-30(38)36-17-11-26(12-18-36)35-15-2-1-3-16-35/h7-9,19-21,26-29H,1-6,10-18H2/t27?,28-,29+/m0/s1. The Bertz CT molecular complexity index is 1320. The molecule has 1 amide bonds. The summed E-state index contributed by atoms with van der Waals surface area (Å²) in [6.45, 7) is 3.49. The highest BCUT2D eigenvalue weighted by atomic mass is 35.5. The van der Waals surface area contributed by atoms with Gasteiger partial charge in [0, 0.05) is 30.2 Å². The molecule has 0 aromatic heterocycles. The van der Waals surface area contributed by atoms with E-state index in [1.54, 1.807) is 23.1 Å². The number of carbonyl (C=O) groups excluding carboxylic acids is 1. The quantitative estimate of drug-likeness (QED) is 0.374. The lowest BCUT2D eigenvalue weighted by Gasteiger charge is -2.46. The molecular weight excluding hydrogens is 584 g/mol. The lowest BCUT2D eigenvalue weighted by Crippen LogP contribution is -2.56. The smallest absolute Gasteiger partial charge is 0.410 e. The Labute approximate surface area is 252 Å². The number of carbonyl (C=O) groups is 1. The van der Waals surface area contributed by atoms with Crippen LogP contribution < -0.4 is 0 Å². The van der Waals surface area contributed by atoms with Crippen LogP contribution >= 0.6 is 11.6 Å². The second-order valence-corrected chi connectivity index (χ2v) is 15.0. The topological polar surface area (TPSA) is 70.2 Å². The molecule has 4 fully saturated rings. The maximum atomic E-state index is 14.4. The van der Waals surface area contributed by atoms with E-state index in [2.05, 4.69) is 4.90 Å². The molecule has 0 spiro atoms. The van der Waals surface area contributed by atoms with Crippen LogP contribution in [0.4, 0.5) is 13.6 Å². The number of ether oxygens (including phenoxy) is 1. The first-order chi connectivity index (χ1) is 20.2. The first-order valence-corrected chi connectivity index (χ1v) is 17.3. The molecule has 1 aromatic carbocycles. The fourth-order valence-electron chi connectivity index (χ4n) is 7.42. The molecule has 0 radical (unpaired) electrons. The first-order valence-electron chi connectivity index (χ1n) is 15.4. The van der Waals surface area contributed by atoms with Gasteiger partial charge in [-0.25, -0.2) is 22.0 Å². The van der Waals surface area contributed by atoms with Crippen molar-refractivity contribution in [2.75, 3.05) is 26.2 Å². The maximum Gasteiger partial charge on any atom is 0.410 e. The van der Waals surface area contributed by atoms with Crippen LogP contribution in [0.2, 0.25) is 0 Å². The van der Waals surface area contributed by atoms with E-state index in [4.69, 9.17) is 16.3 Å². The molecule has 1 aromatic rings.